The molecule has 0 fully saturated rings. The molecule has 0 nitrogen and oxygen atoms in total. The van der Waals surface area contributed by atoms with E-state index in [-0.39, 0.29) is 0 Å². The highest BCUT2D eigenvalue weighted by Crippen LogP contribution is 2.12. The predicted octanol–water partition coefficient (Wildman–Crippen LogP) is 6.57. The number of hydrogen-bond donors (Lipinski definition) is 0. The fraction of sp³-hybridized carbons (Fsp3) is 0.778. The van der Waals surface area contributed by atoms with Gasteiger partial charge in [0.2, 0.25) is 0 Å². The lowest BCUT2D eigenvalue weighted by molar-refractivity contribution is 0.561. The Kier molecular flexibility index (Phi) is 11.2. The van der Waals surface area contributed by atoms with Gasteiger partial charge in [0.05, 0.1) is 0 Å². The van der Waals surface area contributed by atoms with E-state index < -0.39 is 0 Å². The van der Waals surface area contributed by atoms with Crippen molar-refractivity contribution in [3.05, 3.63) is 24.3 Å². The third-order valence-electron chi connectivity index (χ3n) is 3.82. The first-order chi connectivity index (χ1) is 9.00. The van der Waals surface area contributed by atoms with Crippen LogP contribution in [0.5, 0.6) is 0 Å². The lowest BCUT2D eigenvalue weighted by atomic mass is 10.0. The monoisotopic (exact) mass is 248 g/mol. The predicted molar refractivity (Wildman–Crippen MR) is 82.9 cm³/mol. The molecule has 0 aromatic rings. The quantitative estimate of drug-likeness (QED) is 0.425. The van der Waals surface area contributed by atoms with Crippen LogP contribution in [0.1, 0.15) is 89.9 Å². The van der Waals surface area contributed by atoms with Crippen LogP contribution in [0, 0.1) is 0 Å². The summed E-state index contributed by atoms with van der Waals surface area (Å²) in [7, 11) is 0. The van der Waals surface area contributed by atoms with Crippen LogP contribution in [-0.4, -0.2) is 0 Å². The Hall–Kier alpha value is -0.520. The molecule has 0 aromatic carbocycles. The second kappa shape index (κ2) is 12.9. The van der Waals surface area contributed by atoms with Crippen molar-refractivity contribution >= 4 is 0 Å². The summed E-state index contributed by atoms with van der Waals surface area (Å²) in [5.41, 5.74) is 0. The summed E-state index contributed by atoms with van der Waals surface area (Å²) in [4.78, 5) is 0. The van der Waals surface area contributed by atoms with E-state index in [2.05, 4.69) is 24.3 Å². The zero-order valence-electron chi connectivity index (χ0n) is 12.2. The Morgan fingerprint density at radius 2 is 0.556 bits per heavy atom. The maximum Gasteiger partial charge on any atom is -0.0348 e. The molecule has 18 heavy (non-hydrogen) atoms. The maximum atomic E-state index is 2.40. The topological polar surface area (TPSA) is 0 Å². The van der Waals surface area contributed by atoms with Gasteiger partial charge in [-0.05, 0) is 44.9 Å². The fourth-order valence-corrected chi connectivity index (χ4v) is 2.59. The number of hydrogen-bond acceptors (Lipinski definition) is 0. The molecule has 1 rings (SSSR count). The Bertz CT molecular complexity index is 190. The smallest absolute Gasteiger partial charge is 0.0348 e. The third kappa shape index (κ3) is 10.6. The molecule has 1 aliphatic rings. The van der Waals surface area contributed by atoms with Crippen LogP contribution in [-0.2, 0) is 0 Å². The summed E-state index contributed by atoms with van der Waals surface area (Å²) >= 11 is 0. The average Bonchev–Trinajstić information content (AvgIpc) is 2.39. The van der Waals surface area contributed by atoms with E-state index in [0.29, 0.717) is 0 Å². The molecule has 0 aliphatic heterocycles. The van der Waals surface area contributed by atoms with Gasteiger partial charge in [-0.1, -0.05) is 69.2 Å². The number of allylic oxidation sites excluding steroid dienone is 4. The molecule has 0 heteroatoms. The largest absolute Gasteiger partial charge is 0.0885 e. The molecule has 1 aliphatic carbocycles. The first-order valence-electron chi connectivity index (χ1n) is 8.30. The zero-order chi connectivity index (χ0) is 12.7. The molecule has 0 N–H and O–H groups in total. The highest BCUT2D eigenvalue weighted by molar-refractivity contribution is 4.85. The maximum absolute atomic E-state index is 2.40. The Morgan fingerprint density at radius 3 is 0.944 bits per heavy atom. The van der Waals surface area contributed by atoms with Crippen molar-refractivity contribution in [1.82, 2.24) is 0 Å². The molecule has 0 unspecified atom stereocenters. The van der Waals surface area contributed by atoms with E-state index in [1.54, 1.807) is 0 Å². The van der Waals surface area contributed by atoms with Crippen LogP contribution in [0.3, 0.4) is 0 Å². The van der Waals surface area contributed by atoms with Crippen LogP contribution in [0.4, 0.5) is 0 Å². The zero-order valence-corrected chi connectivity index (χ0v) is 12.2. The van der Waals surface area contributed by atoms with Crippen molar-refractivity contribution < 1.29 is 0 Å². The van der Waals surface area contributed by atoms with E-state index in [1.807, 2.05) is 0 Å². The minimum atomic E-state index is 1.27. The normalized spacial score (nSPS) is 22.2. The van der Waals surface area contributed by atoms with Crippen molar-refractivity contribution in [1.29, 1.82) is 0 Å². The van der Waals surface area contributed by atoms with Crippen molar-refractivity contribution in [2.24, 2.45) is 0 Å². The minimum Gasteiger partial charge on any atom is -0.0885 e. The molecule has 0 radical (unpaired) electrons. The SMILES string of the molecule is C1=CCCCCCCCCCCCC=CCCC1. The molecule has 0 saturated carbocycles. The molecule has 0 saturated heterocycles. The van der Waals surface area contributed by atoms with Gasteiger partial charge in [-0.15, -0.1) is 0 Å². The third-order valence-corrected chi connectivity index (χ3v) is 3.82. The first kappa shape index (κ1) is 15.5. The highest BCUT2D eigenvalue weighted by atomic mass is 14.0. The second-order valence-corrected chi connectivity index (χ2v) is 5.63. The Balaban J connectivity index is 2.12. The molecule has 104 valence electrons. The molecular formula is C18H32. The van der Waals surface area contributed by atoms with Crippen LogP contribution < -0.4 is 0 Å². The summed E-state index contributed by atoms with van der Waals surface area (Å²) in [6.45, 7) is 0. The number of rotatable bonds is 0. The van der Waals surface area contributed by atoms with E-state index >= 15 is 0 Å². The van der Waals surface area contributed by atoms with Gasteiger partial charge in [0.1, 0.15) is 0 Å². The van der Waals surface area contributed by atoms with Gasteiger partial charge in [-0.3, -0.25) is 0 Å². The van der Waals surface area contributed by atoms with Gasteiger partial charge in [0.25, 0.3) is 0 Å². The van der Waals surface area contributed by atoms with Gasteiger partial charge in [0, 0.05) is 0 Å². The summed E-state index contributed by atoms with van der Waals surface area (Å²) < 4.78 is 0. The van der Waals surface area contributed by atoms with Gasteiger partial charge < -0.3 is 0 Å². The molecule has 0 spiro atoms. The van der Waals surface area contributed by atoms with Crippen molar-refractivity contribution in [3.8, 4) is 0 Å². The van der Waals surface area contributed by atoms with Crippen molar-refractivity contribution in [3.63, 3.8) is 0 Å². The molecule has 0 bridgehead atoms. The van der Waals surface area contributed by atoms with Crippen LogP contribution in [0.15, 0.2) is 24.3 Å². The molecule has 0 amide bonds. The molecule has 0 atom stereocenters. The van der Waals surface area contributed by atoms with Crippen LogP contribution in [0.2, 0.25) is 0 Å². The van der Waals surface area contributed by atoms with Crippen molar-refractivity contribution in [2.75, 3.05) is 0 Å². The van der Waals surface area contributed by atoms with Crippen LogP contribution in [0.25, 0.3) is 0 Å². The van der Waals surface area contributed by atoms with Crippen LogP contribution >= 0.6 is 0 Å². The standard InChI is InChI=1S/C18H32/c1-2-4-6-8-10-12-14-16-18-17-15-13-11-9-7-5-3-1/h1-2,9,11H,3-8,10,12-18H2. The summed E-state index contributed by atoms with van der Waals surface area (Å²) in [6, 6.07) is 0. The highest BCUT2D eigenvalue weighted by Gasteiger charge is 1.92. The fourth-order valence-electron chi connectivity index (χ4n) is 2.59. The van der Waals surface area contributed by atoms with Gasteiger partial charge in [-0.25, -0.2) is 0 Å². The lowest BCUT2D eigenvalue weighted by Crippen LogP contribution is -1.82. The summed E-state index contributed by atoms with van der Waals surface area (Å²) in [5, 5.41) is 0. The van der Waals surface area contributed by atoms with Crippen molar-refractivity contribution in [2.45, 2.75) is 89.9 Å². The van der Waals surface area contributed by atoms with E-state index in [4.69, 9.17) is 0 Å². The molecule has 0 heterocycles. The van der Waals surface area contributed by atoms with E-state index in [1.165, 1.54) is 89.9 Å². The molecular weight excluding hydrogens is 216 g/mol. The Labute approximate surface area is 115 Å². The summed E-state index contributed by atoms with van der Waals surface area (Å²) in [6.07, 6.45) is 29.0. The second-order valence-electron chi connectivity index (χ2n) is 5.63. The van der Waals surface area contributed by atoms with Gasteiger partial charge in [0.15, 0.2) is 0 Å². The van der Waals surface area contributed by atoms with E-state index in [9.17, 15) is 0 Å². The average molecular weight is 248 g/mol. The summed E-state index contributed by atoms with van der Waals surface area (Å²) in [5.74, 6) is 0. The van der Waals surface area contributed by atoms with Gasteiger partial charge >= 0.3 is 0 Å². The minimum absolute atomic E-state index is 1.27. The van der Waals surface area contributed by atoms with E-state index in [0.717, 1.165) is 0 Å². The van der Waals surface area contributed by atoms with Gasteiger partial charge in [-0.2, -0.15) is 0 Å². The lowest BCUT2D eigenvalue weighted by Gasteiger charge is -2.02. The molecule has 0 aromatic heterocycles. The first-order valence-corrected chi connectivity index (χ1v) is 8.30. The Morgan fingerprint density at radius 1 is 0.278 bits per heavy atom.